The van der Waals surface area contributed by atoms with E-state index in [0.717, 1.165) is 69.7 Å². The molecule has 0 spiro atoms. The van der Waals surface area contributed by atoms with Crippen LogP contribution in [0.5, 0.6) is 0 Å². The molecule has 1 aromatic heterocycles. The molecule has 2 saturated heterocycles. The maximum absolute atomic E-state index is 13.0. The number of pyridine rings is 1. The van der Waals surface area contributed by atoms with Gasteiger partial charge < -0.3 is 10.6 Å². The van der Waals surface area contributed by atoms with Crippen LogP contribution in [0.3, 0.4) is 0 Å². The van der Waals surface area contributed by atoms with Gasteiger partial charge in [0.15, 0.2) is 0 Å². The third kappa shape index (κ3) is 5.39. The first-order chi connectivity index (χ1) is 14.6. The van der Waals surface area contributed by atoms with Crippen molar-refractivity contribution in [3.8, 4) is 0 Å². The van der Waals surface area contributed by atoms with Gasteiger partial charge in [-0.3, -0.25) is 14.6 Å². The Morgan fingerprint density at radius 2 is 1.70 bits per heavy atom. The molecule has 160 valence electrons. The molecule has 0 bridgehead atoms. The number of likely N-dealkylation sites (tertiary alicyclic amines) is 1. The van der Waals surface area contributed by atoms with Gasteiger partial charge in [0, 0.05) is 55.9 Å². The van der Waals surface area contributed by atoms with Crippen LogP contribution in [0.15, 0.2) is 47.1 Å². The summed E-state index contributed by atoms with van der Waals surface area (Å²) in [7, 11) is 0. The summed E-state index contributed by atoms with van der Waals surface area (Å²) in [6.45, 7) is 7.27. The molecule has 1 amide bonds. The zero-order chi connectivity index (χ0) is 20.9. The summed E-state index contributed by atoms with van der Waals surface area (Å²) in [6, 6.07) is 12.3. The van der Waals surface area contributed by atoms with Crippen LogP contribution in [0.2, 0.25) is 0 Å². The number of amides is 1. The Kier molecular flexibility index (Phi) is 7.02. The number of rotatable bonds is 5. The monoisotopic (exact) mass is 471 g/mol. The maximum atomic E-state index is 13.0. The smallest absolute Gasteiger partial charge is 0.225 e. The minimum atomic E-state index is 0.165. The van der Waals surface area contributed by atoms with Gasteiger partial charge in [-0.15, -0.1) is 0 Å². The van der Waals surface area contributed by atoms with Gasteiger partial charge >= 0.3 is 0 Å². The second kappa shape index (κ2) is 9.90. The second-order valence-electron chi connectivity index (χ2n) is 8.33. The fraction of sp³-hybridized carbons (Fsp3) is 0.478. The number of piperidine rings is 1. The number of anilines is 1. The van der Waals surface area contributed by atoms with Crippen molar-refractivity contribution < 1.29 is 4.79 Å². The third-order valence-electron chi connectivity index (χ3n) is 6.22. The Hall–Kier alpha value is -1.96. The summed E-state index contributed by atoms with van der Waals surface area (Å²) in [5, 5.41) is 0. The van der Waals surface area contributed by atoms with Crippen molar-refractivity contribution in [1.29, 1.82) is 0 Å². The minimum Gasteiger partial charge on any atom is -0.384 e. The Morgan fingerprint density at radius 1 is 1.00 bits per heavy atom. The van der Waals surface area contributed by atoms with Gasteiger partial charge in [-0.05, 0) is 55.3 Å². The van der Waals surface area contributed by atoms with Crippen LogP contribution in [0.4, 0.5) is 5.82 Å². The predicted octanol–water partition coefficient (Wildman–Crippen LogP) is 2.98. The molecule has 3 heterocycles. The fourth-order valence-corrected chi connectivity index (χ4v) is 4.85. The van der Waals surface area contributed by atoms with Crippen molar-refractivity contribution >= 4 is 27.7 Å². The lowest BCUT2D eigenvalue weighted by Gasteiger charge is -2.38. The predicted molar refractivity (Wildman–Crippen MR) is 123 cm³/mol. The Labute approximate surface area is 187 Å². The Bertz CT molecular complexity index is 860. The number of nitrogen functional groups attached to an aromatic ring is 1. The first kappa shape index (κ1) is 21.3. The molecule has 30 heavy (non-hydrogen) atoms. The number of carbonyl (C=O) groups excluding carboxylic acids is 1. The van der Waals surface area contributed by atoms with Crippen molar-refractivity contribution in [3.05, 3.63) is 58.2 Å². The largest absolute Gasteiger partial charge is 0.384 e. The summed E-state index contributed by atoms with van der Waals surface area (Å²) < 4.78 is 1.16. The highest BCUT2D eigenvalue weighted by atomic mass is 79.9. The van der Waals surface area contributed by atoms with Crippen molar-refractivity contribution in [3.63, 3.8) is 0 Å². The van der Waals surface area contributed by atoms with Crippen LogP contribution in [-0.4, -0.2) is 64.9 Å². The van der Waals surface area contributed by atoms with E-state index in [1.54, 1.807) is 6.20 Å². The number of carbonyl (C=O) groups is 1. The van der Waals surface area contributed by atoms with E-state index >= 15 is 0 Å². The Balaban J connectivity index is 1.22. The molecule has 0 radical (unpaired) electrons. The molecule has 2 fully saturated rings. The van der Waals surface area contributed by atoms with E-state index in [9.17, 15) is 4.79 Å². The van der Waals surface area contributed by atoms with Crippen molar-refractivity contribution in [2.45, 2.75) is 25.9 Å². The standard InChI is InChI=1S/C23H30BrN5O/c24-21-4-2-1-3-20(21)17-28-11-13-29(14-12-28)23(30)19-6-9-27(10-7-19)16-18-5-8-26-22(25)15-18/h1-5,8,15,19H,6-7,9-14,16-17H2,(H2,25,26). The number of aromatic nitrogens is 1. The number of hydrogen-bond donors (Lipinski definition) is 1. The SMILES string of the molecule is Nc1cc(CN2CCC(C(=O)N3CCN(Cc4ccccc4Br)CC3)CC2)ccn1. The van der Waals surface area contributed by atoms with E-state index in [0.29, 0.717) is 11.7 Å². The molecule has 0 aliphatic carbocycles. The summed E-state index contributed by atoms with van der Waals surface area (Å²) in [6.07, 6.45) is 3.64. The number of piperazine rings is 1. The normalized spacial score (nSPS) is 19.2. The minimum absolute atomic E-state index is 0.165. The van der Waals surface area contributed by atoms with Crippen molar-refractivity contribution in [1.82, 2.24) is 19.7 Å². The van der Waals surface area contributed by atoms with Gasteiger partial charge in [-0.1, -0.05) is 34.1 Å². The number of hydrogen-bond acceptors (Lipinski definition) is 5. The van der Waals surface area contributed by atoms with Gasteiger partial charge in [0.05, 0.1) is 0 Å². The molecule has 2 N–H and O–H groups in total. The molecule has 2 aliphatic heterocycles. The van der Waals surface area contributed by atoms with Crippen molar-refractivity contribution in [2.24, 2.45) is 5.92 Å². The topological polar surface area (TPSA) is 65.7 Å². The van der Waals surface area contributed by atoms with Gasteiger partial charge in [-0.2, -0.15) is 0 Å². The highest BCUT2D eigenvalue weighted by Gasteiger charge is 2.30. The van der Waals surface area contributed by atoms with Crippen LogP contribution in [0, 0.1) is 5.92 Å². The van der Waals surface area contributed by atoms with E-state index < -0.39 is 0 Å². The molecule has 0 saturated carbocycles. The number of nitrogens with two attached hydrogens (primary N) is 1. The Morgan fingerprint density at radius 3 is 2.40 bits per heavy atom. The molecule has 4 rings (SSSR count). The lowest BCUT2D eigenvalue weighted by molar-refractivity contribution is -0.139. The van der Waals surface area contributed by atoms with Crippen LogP contribution in [0.1, 0.15) is 24.0 Å². The molecule has 0 unspecified atom stereocenters. The van der Waals surface area contributed by atoms with E-state index in [4.69, 9.17) is 5.73 Å². The van der Waals surface area contributed by atoms with Gasteiger partial charge in [-0.25, -0.2) is 4.98 Å². The zero-order valence-electron chi connectivity index (χ0n) is 17.3. The first-order valence-electron chi connectivity index (χ1n) is 10.8. The van der Waals surface area contributed by atoms with Crippen LogP contribution in [-0.2, 0) is 17.9 Å². The average molecular weight is 472 g/mol. The summed E-state index contributed by atoms with van der Waals surface area (Å²) >= 11 is 3.63. The molecule has 0 atom stereocenters. The molecule has 7 heteroatoms. The quantitative estimate of drug-likeness (QED) is 0.725. The van der Waals surface area contributed by atoms with E-state index in [2.05, 4.69) is 53.8 Å². The van der Waals surface area contributed by atoms with Gasteiger partial charge in [0.1, 0.15) is 5.82 Å². The van der Waals surface area contributed by atoms with E-state index in [1.165, 1.54) is 11.1 Å². The molecule has 1 aromatic carbocycles. The molecule has 6 nitrogen and oxygen atoms in total. The number of benzene rings is 1. The lowest BCUT2D eigenvalue weighted by atomic mass is 9.94. The molecule has 2 aromatic rings. The second-order valence-corrected chi connectivity index (χ2v) is 9.19. The highest BCUT2D eigenvalue weighted by Crippen LogP contribution is 2.23. The van der Waals surface area contributed by atoms with E-state index in [-0.39, 0.29) is 5.92 Å². The maximum Gasteiger partial charge on any atom is 0.225 e. The van der Waals surface area contributed by atoms with Gasteiger partial charge in [0.25, 0.3) is 0 Å². The van der Waals surface area contributed by atoms with Crippen LogP contribution < -0.4 is 5.73 Å². The summed E-state index contributed by atoms with van der Waals surface area (Å²) in [5.41, 5.74) is 8.28. The van der Waals surface area contributed by atoms with Gasteiger partial charge in [0.2, 0.25) is 5.91 Å². The summed E-state index contributed by atoms with van der Waals surface area (Å²) in [4.78, 5) is 24.0. The fourth-order valence-electron chi connectivity index (χ4n) is 4.44. The van der Waals surface area contributed by atoms with Crippen LogP contribution in [0.25, 0.3) is 0 Å². The van der Waals surface area contributed by atoms with Crippen LogP contribution >= 0.6 is 15.9 Å². The average Bonchev–Trinajstić information content (AvgIpc) is 2.76. The number of halogens is 1. The lowest BCUT2D eigenvalue weighted by Crippen LogP contribution is -2.51. The van der Waals surface area contributed by atoms with E-state index in [1.807, 2.05) is 18.2 Å². The molecular weight excluding hydrogens is 442 g/mol. The highest BCUT2D eigenvalue weighted by molar-refractivity contribution is 9.10. The zero-order valence-corrected chi connectivity index (χ0v) is 18.9. The van der Waals surface area contributed by atoms with Crippen molar-refractivity contribution in [2.75, 3.05) is 45.0 Å². The first-order valence-corrected chi connectivity index (χ1v) is 11.5. The molecular formula is C23H30BrN5O. The molecule has 2 aliphatic rings. The number of nitrogens with zero attached hydrogens (tertiary/aromatic N) is 4. The summed E-state index contributed by atoms with van der Waals surface area (Å²) in [5.74, 6) is 1.08. The third-order valence-corrected chi connectivity index (χ3v) is 7.00.